The van der Waals surface area contributed by atoms with Gasteiger partial charge in [-0.15, -0.1) is 0 Å². The van der Waals surface area contributed by atoms with Gasteiger partial charge in [0.05, 0.1) is 5.60 Å². The smallest absolute Gasteiger partial charge is 0.375 e. The van der Waals surface area contributed by atoms with Gasteiger partial charge in [-0.2, -0.15) is 17.2 Å². The predicted molar refractivity (Wildman–Crippen MR) is 80.9 cm³/mol. The van der Waals surface area contributed by atoms with Gasteiger partial charge in [-0.25, -0.2) is 0 Å². The Balaban J connectivity index is 1.92. The maximum atomic E-state index is 13.2. The Morgan fingerprint density at radius 3 is 2.57 bits per heavy atom. The van der Waals surface area contributed by atoms with Gasteiger partial charge in [-0.05, 0) is 56.8 Å². The van der Waals surface area contributed by atoms with E-state index < -0.39 is 22.0 Å². The van der Waals surface area contributed by atoms with E-state index in [9.17, 15) is 17.2 Å². The van der Waals surface area contributed by atoms with Crippen LogP contribution in [-0.4, -0.2) is 43.6 Å². The Labute approximate surface area is 136 Å². The summed E-state index contributed by atoms with van der Waals surface area (Å²) in [7, 11) is -5.43. The second-order valence-electron chi connectivity index (χ2n) is 7.16. The summed E-state index contributed by atoms with van der Waals surface area (Å²) in [6, 6.07) is 0. The van der Waals surface area contributed by atoms with E-state index >= 15 is 0 Å². The molecular formula is C15H26F2O5S. The van der Waals surface area contributed by atoms with Crippen molar-refractivity contribution in [3.05, 3.63) is 0 Å². The van der Waals surface area contributed by atoms with Crippen molar-refractivity contribution < 1.29 is 31.2 Å². The monoisotopic (exact) mass is 356 g/mol. The van der Waals surface area contributed by atoms with Crippen LogP contribution in [0.2, 0.25) is 0 Å². The van der Waals surface area contributed by atoms with Crippen LogP contribution in [0.25, 0.3) is 0 Å². The van der Waals surface area contributed by atoms with E-state index in [4.69, 9.17) is 14.0 Å². The van der Waals surface area contributed by atoms with Gasteiger partial charge >= 0.3 is 15.4 Å². The van der Waals surface area contributed by atoms with E-state index in [-0.39, 0.29) is 18.1 Å². The Kier molecular flexibility index (Phi) is 5.70. The summed E-state index contributed by atoms with van der Waals surface area (Å²) in [4.78, 5) is 0. The molecule has 4 unspecified atom stereocenters. The van der Waals surface area contributed by atoms with Crippen LogP contribution in [0.15, 0.2) is 0 Å². The van der Waals surface area contributed by atoms with E-state index in [1.165, 1.54) is 0 Å². The van der Waals surface area contributed by atoms with Gasteiger partial charge in [0.2, 0.25) is 0 Å². The highest BCUT2D eigenvalue weighted by Gasteiger charge is 2.47. The number of hydrogen-bond donors (Lipinski definition) is 1. The summed E-state index contributed by atoms with van der Waals surface area (Å²) in [6.07, 6.45) is 4.71. The molecule has 5 nitrogen and oxygen atoms in total. The lowest BCUT2D eigenvalue weighted by molar-refractivity contribution is -0.138. The minimum atomic E-state index is -5.43. The minimum absolute atomic E-state index is 0.0603. The van der Waals surface area contributed by atoms with Crippen molar-refractivity contribution in [1.29, 1.82) is 0 Å². The van der Waals surface area contributed by atoms with Gasteiger partial charge in [-0.3, -0.25) is 4.55 Å². The Morgan fingerprint density at radius 1 is 1.26 bits per heavy atom. The molecule has 0 spiro atoms. The molecule has 2 bridgehead atoms. The van der Waals surface area contributed by atoms with Crippen LogP contribution in [0, 0.1) is 17.8 Å². The van der Waals surface area contributed by atoms with Crippen LogP contribution >= 0.6 is 0 Å². The molecule has 2 aliphatic carbocycles. The molecule has 0 amide bonds. The van der Waals surface area contributed by atoms with E-state index in [0.717, 1.165) is 32.1 Å². The first-order valence-corrected chi connectivity index (χ1v) is 9.57. The lowest BCUT2D eigenvalue weighted by Gasteiger charge is -2.50. The van der Waals surface area contributed by atoms with Gasteiger partial charge in [0, 0.05) is 13.2 Å². The second-order valence-corrected chi connectivity index (χ2v) is 8.71. The Hall–Kier alpha value is -0.310. The van der Waals surface area contributed by atoms with E-state index in [0.29, 0.717) is 18.4 Å². The third kappa shape index (κ3) is 4.61. The zero-order valence-electron chi connectivity index (χ0n) is 13.6. The molecule has 2 fully saturated rings. The maximum Gasteiger partial charge on any atom is 0.392 e. The molecule has 2 saturated carbocycles. The molecule has 4 atom stereocenters. The van der Waals surface area contributed by atoms with Crippen molar-refractivity contribution in [2.45, 2.75) is 56.8 Å². The van der Waals surface area contributed by atoms with Gasteiger partial charge in [0.25, 0.3) is 0 Å². The van der Waals surface area contributed by atoms with Crippen molar-refractivity contribution in [3.63, 3.8) is 0 Å². The first-order valence-electron chi connectivity index (χ1n) is 8.13. The average Bonchev–Trinajstić information content (AvgIpc) is 2.35. The Bertz CT molecular complexity index is 506. The number of fused-ring (bicyclic) bond motifs is 2. The van der Waals surface area contributed by atoms with Crippen LogP contribution in [-0.2, 0) is 19.6 Å². The lowest BCUT2D eigenvalue weighted by Crippen LogP contribution is -2.48. The molecular weight excluding hydrogens is 330 g/mol. The summed E-state index contributed by atoms with van der Waals surface area (Å²) in [5, 5.41) is -4.26. The number of alkyl halides is 2. The van der Waals surface area contributed by atoms with Crippen LogP contribution < -0.4 is 0 Å². The normalized spacial score (nSPS) is 35.3. The molecule has 0 aromatic heterocycles. The highest BCUT2D eigenvalue weighted by molar-refractivity contribution is 7.86. The SMILES string of the molecule is CCOC12CC(C)CC(CC(COCC(F)(F)S(=O)(=O)O)C1)C2. The Morgan fingerprint density at radius 2 is 1.96 bits per heavy atom. The summed E-state index contributed by atoms with van der Waals surface area (Å²) < 4.78 is 66.9. The van der Waals surface area contributed by atoms with Crippen molar-refractivity contribution >= 4 is 10.1 Å². The van der Waals surface area contributed by atoms with Crippen molar-refractivity contribution in [1.82, 2.24) is 0 Å². The van der Waals surface area contributed by atoms with Crippen molar-refractivity contribution in [2.24, 2.45) is 17.8 Å². The van der Waals surface area contributed by atoms with Gasteiger partial charge in [-0.1, -0.05) is 6.92 Å². The topological polar surface area (TPSA) is 72.8 Å². The van der Waals surface area contributed by atoms with E-state index in [1.807, 2.05) is 6.92 Å². The highest BCUT2D eigenvalue weighted by atomic mass is 32.2. The van der Waals surface area contributed by atoms with Crippen LogP contribution in [0.3, 0.4) is 0 Å². The quantitative estimate of drug-likeness (QED) is 0.710. The van der Waals surface area contributed by atoms with Gasteiger partial charge in [0.1, 0.15) is 6.61 Å². The molecule has 0 radical (unpaired) electrons. The predicted octanol–water partition coefficient (Wildman–Crippen LogP) is 3.11. The van der Waals surface area contributed by atoms with Crippen molar-refractivity contribution in [2.75, 3.05) is 19.8 Å². The van der Waals surface area contributed by atoms with E-state index in [2.05, 4.69) is 6.92 Å². The number of hydrogen-bond acceptors (Lipinski definition) is 4. The third-order valence-corrected chi connectivity index (χ3v) is 5.77. The molecule has 1 N–H and O–H groups in total. The fourth-order valence-corrected chi connectivity index (χ4v) is 4.67. The zero-order chi connectivity index (χ0) is 17.3. The van der Waals surface area contributed by atoms with Crippen LogP contribution in [0.1, 0.15) is 46.0 Å². The standard InChI is InChI=1S/C15H26F2O5S/c1-3-22-14-6-11(2)4-12(7-14)5-13(8-14)9-21-10-15(16,17)23(18,19)20/h11-13H,3-10H2,1-2H3,(H,18,19,20). The first kappa shape index (κ1) is 19.0. The number of halogens is 2. The first-order chi connectivity index (χ1) is 10.6. The molecule has 0 heterocycles. The molecule has 2 rings (SSSR count). The zero-order valence-corrected chi connectivity index (χ0v) is 14.4. The molecule has 2 aliphatic rings. The largest absolute Gasteiger partial charge is 0.392 e. The third-order valence-electron chi connectivity index (χ3n) is 4.90. The summed E-state index contributed by atoms with van der Waals surface area (Å²) in [5.74, 6) is 1.16. The lowest BCUT2D eigenvalue weighted by atomic mass is 9.62. The summed E-state index contributed by atoms with van der Waals surface area (Å²) >= 11 is 0. The summed E-state index contributed by atoms with van der Waals surface area (Å²) in [6.45, 7) is 3.53. The number of rotatable bonds is 7. The molecule has 0 aromatic carbocycles. The summed E-state index contributed by atoms with van der Waals surface area (Å²) in [5.41, 5.74) is -0.199. The fraction of sp³-hybridized carbons (Fsp3) is 1.00. The molecule has 136 valence electrons. The molecule has 0 saturated heterocycles. The highest BCUT2D eigenvalue weighted by Crippen LogP contribution is 2.49. The maximum absolute atomic E-state index is 13.2. The number of ether oxygens (including phenoxy) is 2. The van der Waals surface area contributed by atoms with E-state index in [1.54, 1.807) is 0 Å². The average molecular weight is 356 g/mol. The second kappa shape index (κ2) is 6.90. The van der Waals surface area contributed by atoms with Crippen LogP contribution in [0.5, 0.6) is 0 Å². The van der Waals surface area contributed by atoms with Gasteiger partial charge in [0.15, 0.2) is 0 Å². The van der Waals surface area contributed by atoms with Crippen molar-refractivity contribution in [3.8, 4) is 0 Å². The fourth-order valence-electron chi connectivity index (χ4n) is 4.44. The molecule has 0 aliphatic heterocycles. The molecule has 23 heavy (non-hydrogen) atoms. The minimum Gasteiger partial charge on any atom is -0.375 e. The molecule has 0 aromatic rings. The molecule has 8 heteroatoms. The van der Waals surface area contributed by atoms with Crippen LogP contribution in [0.4, 0.5) is 8.78 Å². The van der Waals surface area contributed by atoms with Gasteiger partial charge < -0.3 is 9.47 Å².